The van der Waals surface area contributed by atoms with E-state index in [9.17, 15) is 9.59 Å². The first-order valence-electron chi connectivity index (χ1n) is 11.2. The second-order valence-electron chi connectivity index (χ2n) is 8.63. The lowest BCUT2D eigenvalue weighted by Crippen LogP contribution is -2.48. The second kappa shape index (κ2) is 10.3. The van der Waals surface area contributed by atoms with Crippen LogP contribution in [0.4, 0.5) is 0 Å². The van der Waals surface area contributed by atoms with E-state index in [1.807, 2.05) is 22.8 Å². The van der Waals surface area contributed by atoms with Gasteiger partial charge >= 0.3 is 0 Å². The quantitative estimate of drug-likeness (QED) is 0.690. The van der Waals surface area contributed by atoms with E-state index in [1.165, 1.54) is 17.1 Å². The van der Waals surface area contributed by atoms with Crippen molar-refractivity contribution in [2.75, 3.05) is 39.3 Å². The highest BCUT2D eigenvalue weighted by Crippen LogP contribution is 2.24. The van der Waals surface area contributed by atoms with Crippen LogP contribution < -0.4 is 0 Å². The smallest absolute Gasteiger partial charge is 0.267 e. The molecule has 0 unspecified atom stereocenters. The van der Waals surface area contributed by atoms with Crippen molar-refractivity contribution >= 4 is 23.3 Å². The maximum Gasteiger partial charge on any atom is 0.267 e. The number of nitrogens with zero attached hydrogens (tertiary/aromatic N) is 5. The van der Waals surface area contributed by atoms with Crippen molar-refractivity contribution in [3.8, 4) is 0 Å². The topological polar surface area (TPSA) is 69.6 Å². The summed E-state index contributed by atoms with van der Waals surface area (Å²) >= 11 is 1.17. The first-order chi connectivity index (χ1) is 15.1. The lowest BCUT2D eigenvalue weighted by atomic mass is 9.93. The highest BCUT2D eigenvalue weighted by molar-refractivity contribution is 7.07. The zero-order valence-corrected chi connectivity index (χ0v) is 19.0. The number of piperidine rings is 1. The number of carbonyl (C=O) groups is 2. The van der Waals surface area contributed by atoms with E-state index >= 15 is 0 Å². The Hall–Kier alpha value is -2.32. The summed E-state index contributed by atoms with van der Waals surface area (Å²) in [5, 5.41) is 3.96. The summed E-state index contributed by atoms with van der Waals surface area (Å²) in [7, 11) is 0. The molecule has 31 heavy (non-hydrogen) atoms. The summed E-state index contributed by atoms with van der Waals surface area (Å²) in [6.07, 6.45) is 3.51. The second-order valence-corrected chi connectivity index (χ2v) is 9.38. The summed E-state index contributed by atoms with van der Waals surface area (Å²) < 4.78 is 3.89. The molecule has 1 atom stereocenters. The molecule has 3 heterocycles. The van der Waals surface area contributed by atoms with E-state index in [4.69, 9.17) is 0 Å². The first kappa shape index (κ1) is 21.9. The lowest BCUT2D eigenvalue weighted by Gasteiger charge is -2.36. The fourth-order valence-electron chi connectivity index (χ4n) is 4.54. The van der Waals surface area contributed by atoms with Gasteiger partial charge in [-0.2, -0.15) is 0 Å². The third kappa shape index (κ3) is 5.68. The molecule has 8 heteroatoms. The van der Waals surface area contributed by atoms with Crippen molar-refractivity contribution in [1.29, 1.82) is 0 Å². The van der Waals surface area contributed by atoms with Crippen LogP contribution >= 0.6 is 11.5 Å². The largest absolute Gasteiger partial charge is 0.340 e. The summed E-state index contributed by atoms with van der Waals surface area (Å²) in [6.45, 7) is 7.75. The van der Waals surface area contributed by atoms with Crippen molar-refractivity contribution in [2.45, 2.75) is 39.2 Å². The van der Waals surface area contributed by atoms with Gasteiger partial charge < -0.3 is 9.80 Å². The molecular weight excluding hydrogens is 410 g/mol. The number of aryl methyl sites for hydroxylation is 1. The molecule has 0 aliphatic carbocycles. The highest BCUT2D eigenvalue weighted by atomic mass is 32.1. The SMILES string of the molecule is Cc1nnsc1C(=O)N1CCC[C@@H](CCC(=O)N2CCN(Cc3ccccc3)CC2)C1. The van der Waals surface area contributed by atoms with Gasteiger partial charge in [-0.1, -0.05) is 34.8 Å². The average molecular weight is 442 g/mol. The van der Waals surface area contributed by atoms with E-state index in [2.05, 4.69) is 38.8 Å². The maximum absolute atomic E-state index is 12.8. The molecular formula is C23H31N5O2S. The standard InChI is InChI=1S/C23H31N5O2S/c1-18-22(31-25-24-18)23(30)28-11-5-8-20(17-28)9-10-21(29)27-14-12-26(13-15-27)16-19-6-3-2-4-7-19/h2-4,6-7,20H,5,8-17H2,1H3/t20-/m0/s1. The first-order valence-corrected chi connectivity index (χ1v) is 12.0. The van der Waals surface area contributed by atoms with Crippen molar-refractivity contribution in [3.63, 3.8) is 0 Å². The number of hydrogen-bond acceptors (Lipinski definition) is 6. The van der Waals surface area contributed by atoms with Gasteiger partial charge in [0, 0.05) is 52.2 Å². The number of likely N-dealkylation sites (tertiary alicyclic amines) is 1. The molecule has 2 aliphatic rings. The Bertz CT molecular complexity index is 879. The minimum atomic E-state index is 0.0399. The summed E-state index contributed by atoms with van der Waals surface area (Å²) in [5.74, 6) is 0.686. The maximum atomic E-state index is 12.8. The van der Waals surface area contributed by atoms with Crippen LogP contribution in [0, 0.1) is 12.8 Å². The minimum Gasteiger partial charge on any atom is -0.340 e. The Morgan fingerprint density at radius 1 is 1.06 bits per heavy atom. The van der Waals surface area contributed by atoms with Gasteiger partial charge in [0.15, 0.2) is 0 Å². The van der Waals surface area contributed by atoms with E-state index in [-0.39, 0.29) is 11.8 Å². The highest BCUT2D eigenvalue weighted by Gasteiger charge is 2.28. The van der Waals surface area contributed by atoms with Crippen LogP contribution in [-0.4, -0.2) is 75.4 Å². The number of carbonyl (C=O) groups excluding carboxylic acids is 2. The van der Waals surface area contributed by atoms with E-state index in [0.29, 0.717) is 22.9 Å². The zero-order chi connectivity index (χ0) is 21.6. The number of rotatable bonds is 6. The fourth-order valence-corrected chi connectivity index (χ4v) is 5.16. The Balaban J connectivity index is 1.20. The number of aromatic nitrogens is 2. The number of hydrogen-bond donors (Lipinski definition) is 0. The van der Waals surface area contributed by atoms with Crippen LogP contribution in [0.25, 0.3) is 0 Å². The van der Waals surface area contributed by atoms with E-state index in [1.54, 1.807) is 0 Å². The molecule has 2 fully saturated rings. The third-order valence-electron chi connectivity index (χ3n) is 6.39. The molecule has 7 nitrogen and oxygen atoms in total. The van der Waals surface area contributed by atoms with Crippen LogP contribution in [0.5, 0.6) is 0 Å². The molecule has 4 rings (SSSR count). The number of benzene rings is 1. The molecule has 0 N–H and O–H groups in total. The number of amides is 2. The third-order valence-corrected chi connectivity index (χ3v) is 7.21. The molecule has 2 amide bonds. The van der Waals surface area contributed by atoms with Gasteiger partial charge in [0.05, 0.1) is 5.69 Å². The monoisotopic (exact) mass is 441 g/mol. The predicted molar refractivity (Wildman–Crippen MR) is 121 cm³/mol. The van der Waals surface area contributed by atoms with Crippen LogP contribution in [0.3, 0.4) is 0 Å². The summed E-state index contributed by atoms with van der Waals surface area (Å²) in [4.78, 5) is 32.5. The number of piperazine rings is 1. The molecule has 0 bridgehead atoms. The van der Waals surface area contributed by atoms with Gasteiger partial charge in [-0.3, -0.25) is 14.5 Å². The molecule has 166 valence electrons. The molecule has 2 aromatic rings. The Kier molecular flexibility index (Phi) is 7.29. The zero-order valence-electron chi connectivity index (χ0n) is 18.2. The van der Waals surface area contributed by atoms with Crippen molar-refractivity contribution in [2.24, 2.45) is 5.92 Å². The average Bonchev–Trinajstić information content (AvgIpc) is 3.24. The van der Waals surface area contributed by atoms with Crippen molar-refractivity contribution in [1.82, 2.24) is 24.3 Å². The summed E-state index contributed by atoms with van der Waals surface area (Å²) in [6, 6.07) is 10.5. The van der Waals surface area contributed by atoms with E-state index < -0.39 is 0 Å². The van der Waals surface area contributed by atoms with Crippen LogP contribution in [-0.2, 0) is 11.3 Å². The van der Waals surface area contributed by atoms with Gasteiger partial charge in [-0.05, 0) is 49.2 Å². The fraction of sp³-hybridized carbons (Fsp3) is 0.565. The molecule has 1 aromatic heterocycles. The van der Waals surface area contributed by atoms with Crippen molar-refractivity contribution < 1.29 is 9.59 Å². The predicted octanol–water partition coefficient (Wildman–Crippen LogP) is 2.82. The molecule has 1 aromatic carbocycles. The molecule has 0 saturated carbocycles. The normalized spacial score (nSPS) is 20.1. The lowest BCUT2D eigenvalue weighted by molar-refractivity contribution is -0.133. The van der Waals surface area contributed by atoms with Gasteiger partial charge in [-0.15, -0.1) is 5.10 Å². The van der Waals surface area contributed by atoms with Crippen LogP contribution in [0.15, 0.2) is 30.3 Å². The Morgan fingerprint density at radius 3 is 2.55 bits per heavy atom. The minimum absolute atomic E-state index is 0.0399. The van der Waals surface area contributed by atoms with Gasteiger partial charge in [0.1, 0.15) is 4.88 Å². The van der Waals surface area contributed by atoms with Gasteiger partial charge in [0.2, 0.25) is 5.91 Å². The van der Waals surface area contributed by atoms with Crippen LogP contribution in [0.1, 0.15) is 46.6 Å². The molecule has 0 spiro atoms. The van der Waals surface area contributed by atoms with Gasteiger partial charge in [0.25, 0.3) is 5.91 Å². The Morgan fingerprint density at radius 2 is 1.84 bits per heavy atom. The Labute approximate surface area is 188 Å². The molecule has 2 saturated heterocycles. The van der Waals surface area contributed by atoms with Crippen LogP contribution in [0.2, 0.25) is 0 Å². The molecule has 0 radical (unpaired) electrons. The van der Waals surface area contributed by atoms with Gasteiger partial charge in [-0.25, -0.2) is 0 Å². The van der Waals surface area contributed by atoms with Crippen molar-refractivity contribution in [3.05, 3.63) is 46.5 Å². The van der Waals surface area contributed by atoms with E-state index in [0.717, 1.165) is 65.1 Å². The summed E-state index contributed by atoms with van der Waals surface area (Å²) in [5.41, 5.74) is 2.03. The molecule has 2 aliphatic heterocycles.